The second kappa shape index (κ2) is 8.32. The lowest BCUT2D eigenvalue weighted by molar-refractivity contribution is -0.384. The Morgan fingerprint density at radius 3 is 2.35 bits per heavy atom. The number of nitro benzene ring substituents is 1. The average molecular weight is 363 g/mol. The molecule has 0 saturated carbocycles. The summed E-state index contributed by atoms with van der Waals surface area (Å²) in [6.07, 6.45) is 0.343. The van der Waals surface area contributed by atoms with Gasteiger partial charge in [-0.1, -0.05) is 0 Å². The molecule has 10 heteroatoms. The first-order valence-corrected chi connectivity index (χ1v) is 7.41. The van der Waals surface area contributed by atoms with E-state index in [1.54, 1.807) is 0 Å². The maximum atomic E-state index is 12.7. The summed E-state index contributed by atoms with van der Waals surface area (Å²) in [7, 11) is 3.97. The summed E-state index contributed by atoms with van der Waals surface area (Å²) in [4.78, 5) is 38.9. The van der Waals surface area contributed by atoms with Crippen LogP contribution in [0.5, 0.6) is 0 Å². The van der Waals surface area contributed by atoms with Gasteiger partial charge in [0.15, 0.2) is 6.29 Å². The molecule has 138 valence electrons. The van der Waals surface area contributed by atoms with E-state index in [1.165, 1.54) is 43.1 Å². The quantitative estimate of drug-likeness (QED) is 0.311. The minimum absolute atomic E-state index is 0.0456. The molecule has 0 unspecified atom stereocenters. The van der Waals surface area contributed by atoms with Crippen LogP contribution in [0.1, 0.15) is 10.4 Å². The Labute approximate surface area is 148 Å². The van der Waals surface area contributed by atoms with Gasteiger partial charge in [0.05, 0.1) is 18.6 Å². The molecule has 0 fully saturated rings. The Morgan fingerprint density at radius 2 is 1.85 bits per heavy atom. The monoisotopic (exact) mass is 363 g/mol. The highest BCUT2D eigenvalue weighted by Crippen LogP contribution is 2.20. The minimum atomic E-state index is -0.821. The average Bonchev–Trinajstić information content (AvgIpc) is 2.66. The van der Waals surface area contributed by atoms with Crippen molar-refractivity contribution in [3.8, 4) is 11.4 Å². The standard InChI is InChI=1S/C16H17N3O7/c1-24-13(25-2)9-18-14(10-4-6-11(7-5-10)19(22)23)17-8-12(15(18)20)16(21)26-3/h4-8,13H,9H2,1-3H3. The van der Waals surface area contributed by atoms with Crippen molar-refractivity contribution in [1.82, 2.24) is 9.55 Å². The van der Waals surface area contributed by atoms with Crippen molar-refractivity contribution in [1.29, 1.82) is 0 Å². The smallest absolute Gasteiger partial charge is 0.345 e. The summed E-state index contributed by atoms with van der Waals surface area (Å²) >= 11 is 0. The van der Waals surface area contributed by atoms with E-state index in [1.807, 2.05) is 0 Å². The molecule has 1 aromatic carbocycles. The van der Waals surface area contributed by atoms with E-state index >= 15 is 0 Å². The lowest BCUT2D eigenvalue weighted by Crippen LogP contribution is -2.34. The second-order valence-corrected chi connectivity index (χ2v) is 5.11. The molecular weight excluding hydrogens is 346 g/mol. The van der Waals surface area contributed by atoms with Crippen molar-refractivity contribution >= 4 is 11.7 Å². The van der Waals surface area contributed by atoms with E-state index in [4.69, 9.17) is 9.47 Å². The van der Waals surface area contributed by atoms with Gasteiger partial charge in [-0.15, -0.1) is 0 Å². The van der Waals surface area contributed by atoms with Crippen LogP contribution in [0.3, 0.4) is 0 Å². The number of carbonyl (C=O) groups is 1. The van der Waals surface area contributed by atoms with Crippen molar-refractivity contribution in [2.75, 3.05) is 21.3 Å². The third kappa shape index (κ3) is 3.92. The number of rotatable bonds is 7. The first-order valence-electron chi connectivity index (χ1n) is 7.41. The number of carbonyl (C=O) groups excluding carboxylic acids is 1. The Morgan fingerprint density at radius 1 is 1.23 bits per heavy atom. The zero-order valence-electron chi connectivity index (χ0n) is 14.4. The molecule has 10 nitrogen and oxygen atoms in total. The lowest BCUT2D eigenvalue weighted by Gasteiger charge is -2.18. The fraction of sp³-hybridized carbons (Fsp3) is 0.312. The zero-order valence-corrected chi connectivity index (χ0v) is 14.4. The van der Waals surface area contributed by atoms with Crippen LogP contribution in [0.15, 0.2) is 35.3 Å². The highest BCUT2D eigenvalue weighted by atomic mass is 16.7. The molecule has 0 amide bonds. The molecule has 0 aliphatic carbocycles. The van der Waals surface area contributed by atoms with E-state index in [2.05, 4.69) is 9.72 Å². The van der Waals surface area contributed by atoms with Gasteiger partial charge < -0.3 is 14.2 Å². The number of methoxy groups -OCH3 is 3. The van der Waals surface area contributed by atoms with E-state index in [-0.39, 0.29) is 23.6 Å². The SMILES string of the molecule is COC(=O)c1cnc(-c2ccc([N+](=O)[O-])cc2)n(CC(OC)OC)c1=O. The predicted molar refractivity (Wildman–Crippen MR) is 89.7 cm³/mol. The predicted octanol–water partition coefficient (Wildman–Crippen LogP) is 1.22. The molecule has 2 aromatic rings. The highest BCUT2D eigenvalue weighted by Gasteiger charge is 2.20. The molecule has 1 heterocycles. The molecule has 26 heavy (non-hydrogen) atoms. The number of nitrogens with zero attached hydrogens (tertiary/aromatic N) is 3. The Hall–Kier alpha value is -3.11. The van der Waals surface area contributed by atoms with E-state index < -0.39 is 22.7 Å². The third-order valence-corrected chi connectivity index (χ3v) is 3.65. The van der Waals surface area contributed by atoms with Gasteiger partial charge in [0, 0.05) is 38.1 Å². The number of hydrogen-bond donors (Lipinski definition) is 0. The maximum absolute atomic E-state index is 12.7. The second-order valence-electron chi connectivity index (χ2n) is 5.11. The van der Waals surface area contributed by atoms with Crippen LogP contribution in [0.4, 0.5) is 5.69 Å². The third-order valence-electron chi connectivity index (χ3n) is 3.65. The molecule has 0 aliphatic rings. The molecule has 0 saturated heterocycles. The number of esters is 1. The molecule has 0 bridgehead atoms. The lowest BCUT2D eigenvalue weighted by atomic mass is 10.2. The van der Waals surface area contributed by atoms with Crippen LogP contribution >= 0.6 is 0 Å². The summed E-state index contributed by atoms with van der Waals surface area (Å²) in [6.45, 7) is -0.0456. The van der Waals surface area contributed by atoms with Crippen LogP contribution < -0.4 is 5.56 Å². The number of ether oxygens (including phenoxy) is 3. The number of benzene rings is 1. The number of aromatic nitrogens is 2. The minimum Gasteiger partial charge on any atom is -0.465 e. The van der Waals surface area contributed by atoms with Gasteiger partial charge in [0.1, 0.15) is 11.4 Å². The Balaban J connectivity index is 2.60. The molecule has 2 rings (SSSR count). The van der Waals surface area contributed by atoms with Crippen molar-refractivity contribution < 1.29 is 23.9 Å². The van der Waals surface area contributed by atoms with E-state index in [0.29, 0.717) is 5.56 Å². The van der Waals surface area contributed by atoms with Gasteiger partial charge >= 0.3 is 5.97 Å². The number of hydrogen-bond acceptors (Lipinski definition) is 8. The molecule has 0 N–H and O–H groups in total. The Bertz CT molecular complexity index is 857. The van der Waals surface area contributed by atoms with Crippen LogP contribution in [0.25, 0.3) is 11.4 Å². The summed E-state index contributed by atoms with van der Waals surface area (Å²) in [6, 6.07) is 5.51. The zero-order chi connectivity index (χ0) is 19.3. The van der Waals surface area contributed by atoms with Gasteiger partial charge in [-0.25, -0.2) is 9.78 Å². The fourth-order valence-corrected chi connectivity index (χ4v) is 2.27. The van der Waals surface area contributed by atoms with Crippen LogP contribution in [0.2, 0.25) is 0 Å². The first-order chi connectivity index (χ1) is 12.4. The van der Waals surface area contributed by atoms with Crippen LogP contribution in [0, 0.1) is 10.1 Å². The Kier molecular flexibility index (Phi) is 6.15. The van der Waals surface area contributed by atoms with Gasteiger partial charge in [0.2, 0.25) is 0 Å². The van der Waals surface area contributed by atoms with Crippen molar-refractivity contribution in [3.63, 3.8) is 0 Å². The molecular formula is C16H17N3O7. The summed E-state index contributed by atoms with van der Waals surface area (Å²) in [5.41, 5.74) is -0.529. The van der Waals surface area contributed by atoms with Gasteiger partial charge in [-0.2, -0.15) is 0 Å². The molecule has 0 aliphatic heterocycles. The van der Waals surface area contributed by atoms with Gasteiger partial charge in [0.25, 0.3) is 11.2 Å². The highest BCUT2D eigenvalue weighted by molar-refractivity contribution is 5.88. The van der Waals surface area contributed by atoms with E-state index in [9.17, 15) is 19.7 Å². The first kappa shape index (κ1) is 19.2. The summed E-state index contributed by atoms with van der Waals surface area (Å²) in [5.74, 6) is -0.616. The number of non-ortho nitro benzene ring substituents is 1. The van der Waals surface area contributed by atoms with Crippen LogP contribution in [-0.2, 0) is 20.8 Å². The summed E-state index contributed by atoms with van der Waals surface area (Å²) < 4.78 is 16.0. The van der Waals surface area contributed by atoms with Crippen molar-refractivity contribution in [2.45, 2.75) is 12.8 Å². The van der Waals surface area contributed by atoms with E-state index in [0.717, 1.165) is 13.3 Å². The molecule has 0 radical (unpaired) electrons. The normalized spacial score (nSPS) is 10.8. The molecule has 0 spiro atoms. The van der Waals surface area contributed by atoms with Crippen LogP contribution in [-0.4, -0.2) is 48.1 Å². The van der Waals surface area contributed by atoms with Gasteiger partial charge in [-0.05, 0) is 12.1 Å². The fourth-order valence-electron chi connectivity index (χ4n) is 2.27. The number of nitro groups is 1. The van der Waals surface area contributed by atoms with Crippen molar-refractivity contribution in [3.05, 3.63) is 56.5 Å². The largest absolute Gasteiger partial charge is 0.465 e. The topological polar surface area (TPSA) is 123 Å². The summed E-state index contributed by atoms with van der Waals surface area (Å²) in [5, 5.41) is 10.8. The molecule has 0 atom stereocenters. The van der Waals surface area contributed by atoms with Crippen molar-refractivity contribution in [2.24, 2.45) is 0 Å². The molecule has 1 aromatic heterocycles. The van der Waals surface area contributed by atoms with Gasteiger partial charge in [-0.3, -0.25) is 19.5 Å². The maximum Gasteiger partial charge on any atom is 0.345 e.